The second-order valence-electron chi connectivity index (χ2n) is 3.36. The van der Waals surface area contributed by atoms with Crippen LogP contribution in [-0.2, 0) is 0 Å². The number of ether oxygens (including phenoxy) is 1. The molecule has 0 aliphatic rings. The Morgan fingerprint density at radius 2 is 1.65 bits per heavy atom. The zero-order valence-corrected chi connectivity index (χ0v) is 10.2. The van der Waals surface area contributed by atoms with Crippen LogP contribution in [0.25, 0.3) is 0 Å². The number of rotatable bonds is 3. The molecule has 86 valence electrons. The van der Waals surface area contributed by atoms with Gasteiger partial charge in [0.1, 0.15) is 11.5 Å². The smallest absolute Gasteiger partial charge is 0.153 e. The van der Waals surface area contributed by atoms with Gasteiger partial charge in [0.15, 0.2) is 6.29 Å². The van der Waals surface area contributed by atoms with E-state index >= 15 is 0 Å². The van der Waals surface area contributed by atoms with E-state index in [9.17, 15) is 4.79 Å². The van der Waals surface area contributed by atoms with Gasteiger partial charge in [-0.1, -0.05) is 35.3 Å². The van der Waals surface area contributed by atoms with Gasteiger partial charge < -0.3 is 4.74 Å². The standard InChI is InChI=1S/C13H8Cl2O2/c14-10-5-11(15)7-12(6-10)17-13-4-2-1-3-9(13)8-16/h1-8H. The summed E-state index contributed by atoms with van der Waals surface area (Å²) in [6.45, 7) is 0. The molecule has 0 aliphatic carbocycles. The molecule has 2 nitrogen and oxygen atoms in total. The van der Waals surface area contributed by atoms with E-state index in [-0.39, 0.29) is 0 Å². The van der Waals surface area contributed by atoms with Crippen LogP contribution in [-0.4, -0.2) is 6.29 Å². The first-order valence-corrected chi connectivity index (χ1v) is 5.63. The lowest BCUT2D eigenvalue weighted by Crippen LogP contribution is -1.89. The summed E-state index contributed by atoms with van der Waals surface area (Å²) in [4.78, 5) is 10.8. The van der Waals surface area contributed by atoms with Crippen molar-refractivity contribution in [2.45, 2.75) is 0 Å². The van der Waals surface area contributed by atoms with Crippen LogP contribution in [0.3, 0.4) is 0 Å². The number of halogens is 2. The Balaban J connectivity index is 2.34. The van der Waals surface area contributed by atoms with Gasteiger partial charge in [-0.05, 0) is 30.3 Å². The average Bonchev–Trinajstić information content (AvgIpc) is 2.28. The zero-order valence-electron chi connectivity index (χ0n) is 8.69. The first kappa shape index (κ1) is 12.0. The van der Waals surface area contributed by atoms with Gasteiger partial charge in [-0.2, -0.15) is 0 Å². The summed E-state index contributed by atoms with van der Waals surface area (Å²) in [5.74, 6) is 0.970. The van der Waals surface area contributed by atoms with Crippen LogP contribution in [0.4, 0.5) is 0 Å². The molecule has 0 radical (unpaired) electrons. The molecule has 17 heavy (non-hydrogen) atoms. The highest BCUT2D eigenvalue weighted by atomic mass is 35.5. The first-order chi connectivity index (χ1) is 8.19. The monoisotopic (exact) mass is 266 g/mol. The minimum absolute atomic E-state index is 0.473. The molecular formula is C13H8Cl2O2. The Kier molecular flexibility index (Phi) is 3.67. The molecule has 0 spiro atoms. The number of hydrogen-bond acceptors (Lipinski definition) is 2. The SMILES string of the molecule is O=Cc1ccccc1Oc1cc(Cl)cc(Cl)c1. The van der Waals surface area contributed by atoms with Crippen LogP contribution >= 0.6 is 23.2 Å². The molecular weight excluding hydrogens is 259 g/mol. The van der Waals surface area contributed by atoms with E-state index in [1.54, 1.807) is 42.5 Å². The van der Waals surface area contributed by atoms with Gasteiger partial charge in [0.2, 0.25) is 0 Å². The van der Waals surface area contributed by atoms with Crippen molar-refractivity contribution in [3.8, 4) is 11.5 Å². The van der Waals surface area contributed by atoms with Crippen molar-refractivity contribution < 1.29 is 9.53 Å². The van der Waals surface area contributed by atoms with Gasteiger partial charge in [-0.15, -0.1) is 0 Å². The van der Waals surface area contributed by atoms with E-state index in [1.165, 1.54) is 0 Å². The lowest BCUT2D eigenvalue weighted by atomic mass is 10.2. The van der Waals surface area contributed by atoms with Gasteiger partial charge in [0.05, 0.1) is 5.56 Å². The number of benzene rings is 2. The Morgan fingerprint density at radius 1 is 1.00 bits per heavy atom. The van der Waals surface area contributed by atoms with Gasteiger partial charge >= 0.3 is 0 Å². The molecule has 0 heterocycles. The van der Waals surface area contributed by atoms with Crippen molar-refractivity contribution in [1.82, 2.24) is 0 Å². The van der Waals surface area contributed by atoms with Crippen molar-refractivity contribution in [3.05, 3.63) is 58.1 Å². The Morgan fingerprint density at radius 3 is 2.29 bits per heavy atom. The van der Waals surface area contributed by atoms with Crippen LogP contribution in [0.2, 0.25) is 10.0 Å². The minimum Gasteiger partial charge on any atom is -0.457 e. The summed E-state index contributed by atoms with van der Waals surface area (Å²) in [7, 11) is 0. The molecule has 2 aromatic carbocycles. The summed E-state index contributed by atoms with van der Waals surface area (Å²) < 4.78 is 5.56. The molecule has 0 aliphatic heterocycles. The third-order valence-corrected chi connectivity index (χ3v) is 2.55. The largest absolute Gasteiger partial charge is 0.457 e. The third kappa shape index (κ3) is 2.99. The molecule has 0 saturated heterocycles. The predicted molar refractivity (Wildman–Crippen MR) is 68.4 cm³/mol. The number of hydrogen-bond donors (Lipinski definition) is 0. The number of para-hydroxylation sites is 1. The molecule has 0 bridgehead atoms. The lowest BCUT2D eigenvalue weighted by molar-refractivity contribution is 0.112. The predicted octanol–water partition coefficient (Wildman–Crippen LogP) is 4.60. The van der Waals surface area contributed by atoms with Crippen LogP contribution in [0, 0.1) is 0 Å². The van der Waals surface area contributed by atoms with E-state index in [0.29, 0.717) is 27.1 Å². The number of carbonyl (C=O) groups excluding carboxylic acids is 1. The van der Waals surface area contributed by atoms with Gasteiger partial charge in [-0.25, -0.2) is 0 Å². The quantitative estimate of drug-likeness (QED) is 0.760. The molecule has 0 unspecified atom stereocenters. The molecule has 0 fully saturated rings. The van der Waals surface area contributed by atoms with E-state index in [1.807, 2.05) is 0 Å². The highest BCUT2D eigenvalue weighted by Gasteiger charge is 2.04. The summed E-state index contributed by atoms with van der Waals surface area (Å²) in [6.07, 6.45) is 0.738. The van der Waals surface area contributed by atoms with E-state index in [4.69, 9.17) is 27.9 Å². The first-order valence-electron chi connectivity index (χ1n) is 4.87. The molecule has 4 heteroatoms. The zero-order chi connectivity index (χ0) is 12.3. The van der Waals surface area contributed by atoms with Crippen LogP contribution in [0.15, 0.2) is 42.5 Å². The third-order valence-electron chi connectivity index (χ3n) is 2.11. The Labute approximate surface area is 109 Å². The van der Waals surface area contributed by atoms with E-state index < -0.39 is 0 Å². The highest BCUT2D eigenvalue weighted by Crippen LogP contribution is 2.29. The van der Waals surface area contributed by atoms with E-state index in [0.717, 1.165) is 6.29 Å². The Hall–Kier alpha value is -1.51. The van der Waals surface area contributed by atoms with Crippen molar-refractivity contribution in [2.75, 3.05) is 0 Å². The molecule has 0 aromatic heterocycles. The number of carbonyl (C=O) groups is 1. The second-order valence-corrected chi connectivity index (χ2v) is 4.24. The summed E-state index contributed by atoms with van der Waals surface area (Å²) in [5, 5.41) is 0.965. The fourth-order valence-electron chi connectivity index (χ4n) is 1.39. The fourth-order valence-corrected chi connectivity index (χ4v) is 1.89. The Bertz CT molecular complexity index is 533. The lowest BCUT2D eigenvalue weighted by Gasteiger charge is -2.08. The summed E-state index contributed by atoms with van der Waals surface area (Å²) >= 11 is 11.7. The van der Waals surface area contributed by atoms with Crippen molar-refractivity contribution in [2.24, 2.45) is 0 Å². The van der Waals surface area contributed by atoms with Crippen molar-refractivity contribution >= 4 is 29.5 Å². The average molecular weight is 267 g/mol. The van der Waals surface area contributed by atoms with Crippen molar-refractivity contribution in [1.29, 1.82) is 0 Å². The topological polar surface area (TPSA) is 26.3 Å². The van der Waals surface area contributed by atoms with Gasteiger partial charge in [0.25, 0.3) is 0 Å². The molecule has 2 aromatic rings. The van der Waals surface area contributed by atoms with Crippen LogP contribution in [0.1, 0.15) is 10.4 Å². The van der Waals surface area contributed by atoms with Crippen LogP contribution < -0.4 is 4.74 Å². The summed E-state index contributed by atoms with van der Waals surface area (Å²) in [6, 6.07) is 11.8. The maximum Gasteiger partial charge on any atom is 0.153 e. The normalized spacial score (nSPS) is 10.0. The second kappa shape index (κ2) is 5.21. The summed E-state index contributed by atoms with van der Waals surface area (Å²) in [5.41, 5.74) is 0.476. The fraction of sp³-hybridized carbons (Fsp3) is 0. The number of aldehydes is 1. The molecule has 0 amide bonds. The molecule has 0 saturated carbocycles. The highest BCUT2D eigenvalue weighted by molar-refractivity contribution is 6.34. The maximum absolute atomic E-state index is 10.8. The molecule has 2 rings (SSSR count). The maximum atomic E-state index is 10.8. The van der Waals surface area contributed by atoms with Gasteiger partial charge in [-0.3, -0.25) is 4.79 Å². The van der Waals surface area contributed by atoms with Crippen molar-refractivity contribution in [3.63, 3.8) is 0 Å². The van der Waals surface area contributed by atoms with Gasteiger partial charge in [0, 0.05) is 10.0 Å². The molecule has 0 N–H and O–H groups in total. The molecule has 0 atom stereocenters. The minimum atomic E-state index is 0.473. The van der Waals surface area contributed by atoms with Crippen LogP contribution in [0.5, 0.6) is 11.5 Å². The van der Waals surface area contributed by atoms with E-state index in [2.05, 4.69) is 0 Å².